The molecule has 0 atom stereocenters. The van der Waals surface area contributed by atoms with Gasteiger partial charge in [0.2, 0.25) is 0 Å². The lowest BCUT2D eigenvalue weighted by Crippen LogP contribution is -2.11. The van der Waals surface area contributed by atoms with Crippen molar-refractivity contribution < 1.29 is 28.4 Å². The van der Waals surface area contributed by atoms with Gasteiger partial charge in [-0.05, 0) is 38.1 Å². The molecule has 3 rings (SSSR count). The number of rotatable bonds is 9. The number of nitro benzene ring substituents is 1. The summed E-state index contributed by atoms with van der Waals surface area (Å²) in [5.41, 5.74) is 0.996. The number of anilines is 1. The van der Waals surface area contributed by atoms with E-state index in [0.717, 1.165) is 0 Å². The van der Waals surface area contributed by atoms with Crippen molar-refractivity contribution in [1.82, 2.24) is 4.98 Å². The van der Waals surface area contributed by atoms with Crippen LogP contribution in [-0.2, 0) is 22.6 Å². The Hall–Kier alpha value is -3.73. The van der Waals surface area contributed by atoms with E-state index in [1.807, 2.05) is 0 Å². The number of nitro groups is 1. The van der Waals surface area contributed by atoms with Crippen LogP contribution in [0.5, 0.6) is 5.75 Å². The number of carbonyl (C=O) groups is 2. The summed E-state index contributed by atoms with van der Waals surface area (Å²) in [4.78, 5) is 38.4. The molecule has 11 heteroatoms. The van der Waals surface area contributed by atoms with Crippen LogP contribution >= 0.6 is 11.3 Å². The standard InChI is InChI=1S/C20H19N3O7S/c1-3-28-18(24)9-13-11-31-20(21-13)22-19(25)17-7-5-15(30-17)10-29-14-4-6-16(23(26)27)12(2)8-14/h4-8,11H,3,9-10H2,1-2H3,(H,21,22,25). The molecule has 0 aliphatic heterocycles. The third-order valence-electron chi connectivity index (χ3n) is 4.03. The minimum Gasteiger partial charge on any atom is -0.486 e. The summed E-state index contributed by atoms with van der Waals surface area (Å²) in [6.45, 7) is 3.68. The topological polar surface area (TPSA) is 134 Å². The number of esters is 1. The fourth-order valence-corrected chi connectivity index (χ4v) is 3.32. The molecule has 162 valence electrons. The Morgan fingerprint density at radius 2 is 2.10 bits per heavy atom. The van der Waals surface area contributed by atoms with Crippen molar-refractivity contribution in [2.45, 2.75) is 26.9 Å². The number of benzene rings is 1. The van der Waals surface area contributed by atoms with Crippen LogP contribution in [0, 0.1) is 17.0 Å². The number of hydrogen-bond acceptors (Lipinski definition) is 9. The predicted octanol–water partition coefficient (Wildman–Crippen LogP) is 3.89. The van der Waals surface area contributed by atoms with E-state index in [0.29, 0.717) is 34.5 Å². The summed E-state index contributed by atoms with van der Waals surface area (Å²) in [7, 11) is 0. The first-order valence-corrected chi connectivity index (χ1v) is 10.1. The Balaban J connectivity index is 1.55. The maximum Gasteiger partial charge on any atom is 0.311 e. The molecule has 0 spiro atoms. The van der Waals surface area contributed by atoms with E-state index >= 15 is 0 Å². The van der Waals surface area contributed by atoms with Crippen molar-refractivity contribution in [3.05, 3.63) is 68.6 Å². The van der Waals surface area contributed by atoms with Gasteiger partial charge >= 0.3 is 5.97 Å². The minimum absolute atomic E-state index is 0.0110. The largest absolute Gasteiger partial charge is 0.486 e. The van der Waals surface area contributed by atoms with E-state index in [9.17, 15) is 19.7 Å². The van der Waals surface area contributed by atoms with Crippen molar-refractivity contribution in [2.24, 2.45) is 0 Å². The van der Waals surface area contributed by atoms with Crippen molar-refractivity contribution in [1.29, 1.82) is 0 Å². The lowest BCUT2D eigenvalue weighted by atomic mass is 10.2. The lowest BCUT2D eigenvalue weighted by Gasteiger charge is -2.05. The highest BCUT2D eigenvalue weighted by molar-refractivity contribution is 7.14. The third-order valence-corrected chi connectivity index (χ3v) is 4.84. The van der Waals surface area contributed by atoms with Gasteiger partial charge in [0.1, 0.15) is 18.1 Å². The fraction of sp³-hybridized carbons (Fsp3) is 0.250. The second-order valence-electron chi connectivity index (χ2n) is 6.34. The van der Waals surface area contributed by atoms with Gasteiger partial charge in [0, 0.05) is 17.0 Å². The van der Waals surface area contributed by atoms with Gasteiger partial charge in [0.15, 0.2) is 10.9 Å². The van der Waals surface area contributed by atoms with Gasteiger partial charge in [-0.1, -0.05) is 0 Å². The minimum atomic E-state index is -0.491. The van der Waals surface area contributed by atoms with Crippen LogP contribution in [0.3, 0.4) is 0 Å². The van der Waals surface area contributed by atoms with Crippen LogP contribution in [0.1, 0.15) is 34.5 Å². The summed E-state index contributed by atoms with van der Waals surface area (Å²) >= 11 is 1.19. The second-order valence-corrected chi connectivity index (χ2v) is 7.20. The van der Waals surface area contributed by atoms with E-state index in [1.165, 1.54) is 29.5 Å². The van der Waals surface area contributed by atoms with E-state index in [1.54, 1.807) is 31.4 Å². The molecular weight excluding hydrogens is 426 g/mol. The predicted molar refractivity (Wildman–Crippen MR) is 111 cm³/mol. The van der Waals surface area contributed by atoms with Gasteiger partial charge in [0.25, 0.3) is 11.6 Å². The summed E-state index contributed by atoms with van der Waals surface area (Å²) in [5.74, 6) is 0.0466. The van der Waals surface area contributed by atoms with Gasteiger partial charge < -0.3 is 13.9 Å². The summed E-state index contributed by atoms with van der Waals surface area (Å²) in [6.07, 6.45) is 0.0323. The Labute approximate surface area is 181 Å². The number of furan rings is 1. The van der Waals surface area contributed by atoms with Gasteiger partial charge in [-0.3, -0.25) is 25.0 Å². The van der Waals surface area contributed by atoms with Gasteiger partial charge in [-0.15, -0.1) is 11.3 Å². The molecule has 0 unspecified atom stereocenters. The van der Waals surface area contributed by atoms with Crippen LogP contribution in [0.2, 0.25) is 0 Å². The summed E-state index contributed by atoms with van der Waals surface area (Å²) in [6, 6.07) is 7.53. The van der Waals surface area contributed by atoms with Crippen LogP contribution in [-0.4, -0.2) is 28.4 Å². The molecule has 1 N–H and O–H groups in total. The molecule has 0 saturated carbocycles. The second kappa shape index (κ2) is 9.85. The highest BCUT2D eigenvalue weighted by atomic mass is 32.1. The Kier molecular flexibility index (Phi) is 6.98. The molecule has 0 aliphatic carbocycles. The van der Waals surface area contributed by atoms with Crippen LogP contribution < -0.4 is 10.1 Å². The maximum absolute atomic E-state index is 12.3. The Morgan fingerprint density at radius 1 is 1.29 bits per heavy atom. The molecule has 0 bridgehead atoms. The number of nitrogens with one attached hydrogen (secondary N) is 1. The first-order chi connectivity index (χ1) is 14.9. The monoisotopic (exact) mass is 445 g/mol. The molecule has 3 aromatic rings. The zero-order valence-electron chi connectivity index (χ0n) is 16.7. The maximum atomic E-state index is 12.3. The van der Waals surface area contributed by atoms with Crippen molar-refractivity contribution >= 4 is 34.0 Å². The zero-order chi connectivity index (χ0) is 22.4. The molecule has 2 aromatic heterocycles. The van der Waals surface area contributed by atoms with Gasteiger partial charge in [-0.2, -0.15) is 0 Å². The van der Waals surface area contributed by atoms with Crippen molar-refractivity contribution in [2.75, 3.05) is 11.9 Å². The smallest absolute Gasteiger partial charge is 0.311 e. The number of ether oxygens (including phenoxy) is 2. The molecule has 0 aliphatic rings. The van der Waals surface area contributed by atoms with Gasteiger partial charge in [0.05, 0.1) is 23.6 Å². The lowest BCUT2D eigenvalue weighted by molar-refractivity contribution is -0.385. The normalized spacial score (nSPS) is 10.5. The molecule has 0 saturated heterocycles. The van der Waals surface area contributed by atoms with Crippen LogP contribution in [0.25, 0.3) is 0 Å². The molecule has 0 radical (unpaired) electrons. The zero-order valence-corrected chi connectivity index (χ0v) is 17.6. The van der Waals surface area contributed by atoms with Gasteiger partial charge in [-0.25, -0.2) is 4.98 Å². The number of aromatic nitrogens is 1. The van der Waals surface area contributed by atoms with Crippen molar-refractivity contribution in [3.8, 4) is 5.75 Å². The molecule has 31 heavy (non-hydrogen) atoms. The van der Waals surface area contributed by atoms with Crippen LogP contribution in [0.4, 0.5) is 10.8 Å². The fourth-order valence-electron chi connectivity index (χ4n) is 2.62. The van der Waals surface area contributed by atoms with E-state index in [4.69, 9.17) is 13.9 Å². The van der Waals surface area contributed by atoms with E-state index < -0.39 is 10.8 Å². The molecule has 10 nitrogen and oxygen atoms in total. The van der Waals surface area contributed by atoms with E-state index in [-0.39, 0.29) is 30.4 Å². The molecular formula is C20H19N3O7S. The Bertz CT molecular complexity index is 1110. The number of nitrogens with zero attached hydrogens (tertiary/aromatic N) is 2. The first kappa shape index (κ1) is 22.0. The quantitative estimate of drug-likeness (QED) is 0.298. The summed E-state index contributed by atoms with van der Waals surface area (Å²) < 4.78 is 15.9. The highest BCUT2D eigenvalue weighted by Gasteiger charge is 2.16. The third kappa shape index (κ3) is 5.89. The first-order valence-electron chi connectivity index (χ1n) is 9.23. The number of aryl methyl sites for hydroxylation is 1. The van der Waals surface area contributed by atoms with Crippen molar-refractivity contribution in [3.63, 3.8) is 0 Å². The molecule has 2 heterocycles. The molecule has 1 amide bonds. The van der Waals surface area contributed by atoms with E-state index in [2.05, 4.69) is 10.3 Å². The highest BCUT2D eigenvalue weighted by Crippen LogP contribution is 2.24. The number of amides is 1. The average Bonchev–Trinajstić information content (AvgIpc) is 3.36. The number of hydrogen-bond donors (Lipinski definition) is 1. The average molecular weight is 445 g/mol. The molecule has 0 fully saturated rings. The summed E-state index contributed by atoms with van der Waals surface area (Å²) in [5, 5.41) is 15.5. The SMILES string of the molecule is CCOC(=O)Cc1csc(NC(=O)c2ccc(COc3ccc([N+](=O)[O-])c(C)c3)o2)n1. The molecule has 1 aromatic carbocycles. The van der Waals surface area contributed by atoms with Crippen LogP contribution in [0.15, 0.2) is 40.1 Å². The Morgan fingerprint density at radius 3 is 2.81 bits per heavy atom. The number of thiazole rings is 1. The number of carbonyl (C=O) groups excluding carboxylic acids is 2.